The summed E-state index contributed by atoms with van der Waals surface area (Å²) >= 11 is 11.7. The molecule has 1 aromatic carbocycles. The lowest BCUT2D eigenvalue weighted by atomic mass is 9.86. The van der Waals surface area contributed by atoms with Crippen molar-refractivity contribution in [3.8, 4) is 0 Å². The largest absolute Gasteiger partial charge is 0.357 e. The van der Waals surface area contributed by atoms with Gasteiger partial charge in [0, 0.05) is 11.8 Å². The van der Waals surface area contributed by atoms with Gasteiger partial charge in [-0.15, -0.1) is 0 Å². The van der Waals surface area contributed by atoms with Gasteiger partial charge in [-0.2, -0.15) is 0 Å². The average Bonchev–Trinajstić information content (AvgIpc) is 2.30. The number of benzene rings is 1. The number of carbonyl (C=O) groups excluding carboxylic acids is 2. The van der Waals surface area contributed by atoms with Crippen molar-refractivity contribution in [1.82, 2.24) is 0 Å². The molecule has 1 aliphatic rings. The molecule has 1 aromatic rings. The molecule has 6 nitrogen and oxygen atoms in total. The highest BCUT2D eigenvalue weighted by atomic mass is 35.5. The number of ketones is 1. The van der Waals surface area contributed by atoms with Gasteiger partial charge in [-0.25, -0.2) is 0 Å². The SMILES string of the molecule is CC1([N+](=O)[O-])C(=O)Nc2c(Cl)ccc(Cl)c2C1=O. The zero-order chi connectivity index (χ0) is 13.7. The summed E-state index contributed by atoms with van der Waals surface area (Å²) in [5.41, 5.74) is -2.51. The van der Waals surface area contributed by atoms with Gasteiger partial charge < -0.3 is 5.32 Å². The van der Waals surface area contributed by atoms with E-state index in [0.29, 0.717) is 0 Å². The molecule has 0 saturated carbocycles. The third kappa shape index (κ3) is 1.49. The number of nitrogens with one attached hydrogen (secondary N) is 1. The summed E-state index contributed by atoms with van der Waals surface area (Å²) in [5.74, 6) is -2.01. The molecule has 8 heteroatoms. The maximum absolute atomic E-state index is 12.1. The van der Waals surface area contributed by atoms with E-state index in [9.17, 15) is 19.7 Å². The minimum absolute atomic E-state index is 0.00692. The number of anilines is 1. The Morgan fingerprint density at radius 1 is 1.28 bits per heavy atom. The summed E-state index contributed by atoms with van der Waals surface area (Å²) in [7, 11) is 0. The van der Waals surface area contributed by atoms with Crippen LogP contribution in [0, 0.1) is 10.1 Å². The van der Waals surface area contributed by atoms with Crippen LogP contribution in [0.25, 0.3) is 0 Å². The van der Waals surface area contributed by atoms with Gasteiger partial charge in [-0.1, -0.05) is 23.2 Å². The number of hydrogen-bond acceptors (Lipinski definition) is 4. The lowest BCUT2D eigenvalue weighted by Crippen LogP contribution is -2.56. The van der Waals surface area contributed by atoms with Crippen LogP contribution in [0.15, 0.2) is 12.1 Å². The van der Waals surface area contributed by atoms with Gasteiger partial charge >= 0.3 is 11.4 Å². The van der Waals surface area contributed by atoms with Crippen molar-refractivity contribution in [3.05, 3.63) is 37.9 Å². The Labute approximate surface area is 111 Å². The molecule has 0 bridgehead atoms. The summed E-state index contributed by atoms with van der Waals surface area (Å²) in [5, 5.41) is 13.3. The second-order valence-electron chi connectivity index (χ2n) is 3.89. The summed E-state index contributed by atoms with van der Waals surface area (Å²) < 4.78 is 0. The van der Waals surface area contributed by atoms with Crippen molar-refractivity contribution in [2.75, 3.05) is 5.32 Å². The fourth-order valence-corrected chi connectivity index (χ4v) is 2.09. The van der Waals surface area contributed by atoms with Gasteiger partial charge in [0.2, 0.25) is 0 Å². The Morgan fingerprint density at radius 2 is 1.83 bits per heavy atom. The summed E-state index contributed by atoms with van der Waals surface area (Å²) in [4.78, 5) is 33.8. The maximum atomic E-state index is 12.1. The van der Waals surface area contributed by atoms with Crippen LogP contribution in [0.3, 0.4) is 0 Å². The molecule has 0 saturated heterocycles. The molecule has 0 spiro atoms. The number of nitro groups is 1. The number of carbonyl (C=O) groups is 2. The van der Waals surface area contributed by atoms with E-state index in [1.807, 2.05) is 0 Å². The number of halogens is 2. The number of hydrogen-bond donors (Lipinski definition) is 1. The number of rotatable bonds is 1. The fourth-order valence-electron chi connectivity index (χ4n) is 1.64. The van der Waals surface area contributed by atoms with Crippen molar-refractivity contribution in [3.63, 3.8) is 0 Å². The van der Waals surface area contributed by atoms with Crippen LogP contribution in [0.1, 0.15) is 17.3 Å². The first-order valence-corrected chi connectivity index (χ1v) is 5.54. The second kappa shape index (κ2) is 3.93. The van der Waals surface area contributed by atoms with E-state index in [4.69, 9.17) is 23.2 Å². The van der Waals surface area contributed by atoms with Crippen molar-refractivity contribution < 1.29 is 14.5 Å². The third-order valence-corrected chi connectivity index (χ3v) is 3.45. The molecule has 1 amide bonds. The molecule has 1 unspecified atom stereocenters. The average molecular weight is 289 g/mol. The Bertz CT molecular complexity index is 602. The molecular formula is C10H6Cl2N2O4. The van der Waals surface area contributed by atoms with Crippen molar-refractivity contribution in [2.45, 2.75) is 12.5 Å². The molecule has 0 radical (unpaired) electrons. The van der Waals surface area contributed by atoms with Crippen LogP contribution < -0.4 is 5.32 Å². The van der Waals surface area contributed by atoms with Gasteiger partial charge in [-0.05, 0) is 12.1 Å². The molecular weight excluding hydrogens is 283 g/mol. The van der Waals surface area contributed by atoms with Crippen LogP contribution in [0.2, 0.25) is 10.0 Å². The Hall–Kier alpha value is -1.66. The van der Waals surface area contributed by atoms with Gasteiger partial charge in [0.1, 0.15) is 0 Å². The molecule has 1 aliphatic heterocycles. The van der Waals surface area contributed by atoms with Gasteiger partial charge in [0.25, 0.3) is 5.78 Å². The molecule has 2 rings (SSSR count). The third-order valence-electron chi connectivity index (χ3n) is 2.82. The molecule has 1 N–H and O–H groups in total. The van der Waals surface area contributed by atoms with E-state index >= 15 is 0 Å². The van der Waals surface area contributed by atoms with Gasteiger partial charge in [0.05, 0.1) is 21.3 Å². The number of amides is 1. The van der Waals surface area contributed by atoms with Gasteiger partial charge in [-0.3, -0.25) is 19.7 Å². The maximum Gasteiger partial charge on any atom is 0.357 e. The quantitative estimate of drug-likeness (QED) is 0.487. The first-order valence-electron chi connectivity index (χ1n) is 4.79. The summed E-state index contributed by atoms with van der Waals surface area (Å²) in [6.45, 7) is 0.935. The molecule has 1 atom stereocenters. The lowest BCUT2D eigenvalue weighted by molar-refractivity contribution is -0.528. The molecule has 0 aromatic heterocycles. The van der Waals surface area contributed by atoms with E-state index in [0.717, 1.165) is 6.92 Å². The van der Waals surface area contributed by atoms with E-state index in [1.165, 1.54) is 12.1 Å². The highest BCUT2D eigenvalue weighted by molar-refractivity contribution is 6.42. The molecule has 1 heterocycles. The first kappa shape index (κ1) is 12.8. The molecule has 0 fully saturated rings. The highest BCUT2D eigenvalue weighted by Gasteiger charge is 2.58. The normalized spacial score (nSPS) is 22.4. The Kier molecular flexibility index (Phi) is 2.79. The smallest absolute Gasteiger partial charge is 0.317 e. The number of Topliss-reactive ketones (excluding diaryl/α,β-unsaturated/α-hetero) is 1. The minimum Gasteiger partial charge on any atom is -0.317 e. The van der Waals surface area contributed by atoms with Crippen molar-refractivity contribution in [1.29, 1.82) is 0 Å². The zero-order valence-corrected chi connectivity index (χ0v) is 10.5. The monoisotopic (exact) mass is 288 g/mol. The van der Waals surface area contributed by atoms with Crippen LogP contribution in [-0.2, 0) is 4.79 Å². The first-order chi connectivity index (χ1) is 8.30. The summed E-state index contributed by atoms with van der Waals surface area (Å²) in [6.07, 6.45) is 0. The molecule has 94 valence electrons. The Balaban J connectivity index is 2.75. The predicted octanol–water partition coefficient (Wildman–Crippen LogP) is 2.16. The van der Waals surface area contributed by atoms with Crippen molar-refractivity contribution >= 4 is 40.6 Å². The van der Waals surface area contributed by atoms with Crippen LogP contribution in [0.4, 0.5) is 5.69 Å². The molecule has 0 aliphatic carbocycles. The Morgan fingerprint density at radius 3 is 2.39 bits per heavy atom. The van der Waals surface area contributed by atoms with Crippen LogP contribution in [-0.4, -0.2) is 22.2 Å². The van der Waals surface area contributed by atoms with Crippen LogP contribution >= 0.6 is 23.2 Å². The van der Waals surface area contributed by atoms with E-state index < -0.39 is 22.2 Å². The fraction of sp³-hybridized carbons (Fsp3) is 0.200. The number of nitrogens with zero attached hydrogens (tertiary/aromatic N) is 1. The van der Waals surface area contributed by atoms with Gasteiger partial charge in [0.15, 0.2) is 0 Å². The van der Waals surface area contributed by atoms with Crippen molar-refractivity contribution in [2.24, 2.45) is 0 Å². The molecule has 18 heavy (non-hydrogen) atoms. The van der Waals surface area contributed by atoms with Crippen LogP contribution in [0.5, 0.6) is 0 Å². The second-order valence-corrected chi connectivity index (χ2v) is 4.71. The minimum atomic E-state index is -2.39. The van der Waals surface area contributed by atoms with E-state index in [-0.39, 0.29) is 21.3 Å². The van der Waals surface area contributed by atoms with E-state index in [1.54, 1.807) is 0 Å². The number of fused-ring (bicyclic) bond motifs is 1. The standard InChI is InChI=1S/C10H6Cl2N2O4/c1-10(14(17)18)8(15)6-4(11)2-3-5(12)7(6)13-9(10)16/h2-3H,1H3,(H,13,16). The van der Waals surface area contributed by atoms with E-state index in [2.05, 4.69) is 5.32 Å². The summed E-state index contributed by atoms with van der Waals surface area (Å²) in [6, 6.07) is 2.74. The lowest BCUT2D eigenvalue weighted by Gasteiger charge is -2.26. The highest BCUT2D eigenvalue weighted by Crippen LogP contribution is 2.38. The topological polar surface area (TPSA) is 89.3 Å². The zero-order valence-electron chi connectivity index (χ0n) is 8.99. The predicted molar refractivity (Wildman–Crippen MR) is 64.8 cm³/mol.